The van der Waals surface area contributed by atoms with Crippen LogP contribution in [0.4, 0.5) is 5.95 Å². The maximum atomic E-state index is 13.8. The largest absolute Gasteiger partial charge is 0.497 e. The van der Waals surface area contributed by atoms with E-state index >= 15 is 0 Å². The van der Waals surface area contributed by atoms with E-state index in [1.807, 2.05) is 53.1 Å². The average molecular weight is 436 g/mol. The molecule has 7 heteroatoms. The zero-order chi connectivity index (χ0) is 22.8. The van der Waals surface area contributed by atoms with Gasteiger partial charge >= 0.3 is 5.97 Å². The number of anilines is 1. The summed E-state index contributed by atoms with van der Waals surface area (Å²) in [6.45, 7) is 6.66. The predicted octanol–water partition coefficient (Wildman–Crippen LogP) is 4.21. The Morgan fingerprint density at radius 2 is 1.94 bits per heavy atom. The first-order valence-electron chi connectivity index (χ1n) is 11.0. The molecule has 1 aliphatic heterocycles. The molecular formula is C25H29N3O4. The van der Waals surface area contributed by atoms with Crippen LogP contribution in [0.3, 0.4) is 0 Å². The molecule has 0 spiro atoms. The molecule has 0 aliphatic carbocycles. The molecule has 0 saturated heterocycles. The fourth-order valence-corrected chi connectivity index (χ4v) is 4.27. The number of amides is 1. The number of aromatic nitrogens is 2. The highest BCUT2D eigenvalue weighted by atomic mass is 16.5. The third-order valence-corrected chi connectivity index (χ3v) is 5.85. The van der Waals surface area contributed by atoms with Crippen LogP contribution in [0, 0.1) is 11.8 Å². The standard InChI is InChI=1S/C25H29N3O4/c1-5-32-24(30)21-22(17-9-8-10-18(15-17)31-4)28-20-12-7-6-11-19(20)26-25(28)27(23(21)29)14-13-16(2)3/h6-12,15-16,21-22H,5,13-14H2,1-4H3/t21-,22+/m1/s1. The molecule has 32 heavy (non-hydrogen) atoms. The average Bonchev–Trinajstić information content (AvgIpc) is 3.16. The topological polar surface area (TPSA) is 73.7 Å². The summed E-state index contributed by atoms with van der Waals surface area (Å²) in [5.74, 6) is -0.198. The summed E-state index contributed by atoms with van der Waals surface area (Å²) in [6.07, 6.45) is 0.800. The van der Waals surface area contributed by atoms with Gasteiger partial charge in [0.25, 0.3) is 0 Å². The highest BCUT2D eigenvalue weighted by Gasteiger charge is 2.47. The maximum Gasteiger partial charge on any atom is 0.321 e. The molecule has 0 saturated carbocycles. The van der Waals surface area contributed by atoms with Gasteiger partial charge in [-0.2, -0.15) is 0 Å². The van der Waals surface area contributed by atoms with Crippen LogP contribution in [0.15, 0.2) is 48.5 Å². The van der Waals surface area contributed by atoms with Crippen molar-refractivity contribution in [3.8, 4) is 5.75 Å². The molecule has 0 unspecified atom stereocenters. The van der Waals surface area contributed by atoms with Gasteiger partial charge in [0.1, 0.15) is 5.75 Å². The van der Waals surface area contributed by atoms with Crippen LogP contribution in [0.1, 0.15) is 38.8 Å². The maximum absolute atomic E-state index is 13.8. The van der Waals surface area contributed by atoms with Crippen molar-refractivity contribution in [1.82, 2.24) is 9.55 Å². The number of carbonyl (C=O) groups excluding carboxylic acids is 2. The van der Waals surface area contributed by atoms with Crippen molar-refractivity contribution in [2.45, 2.75) is 33.2 Å². The number of ether oxygens (including phenoxy) is 2. The number of hydrogen-bond acceptors (Lipinski definition) is 5. The van der Waals surface area contributed by atoms with E-state index in [1.54, 1.807) is 18.9 Å². The zero-order valence-corrected chi connectivity index (χ0v) is 18.9. The van der Waals surface area contributed by atoms with Crippen molar-refractivity contribution in [2.75, 3.05) is 25.2 Å². The van der Waals surface area contributed by atoms with Crippen LogP contribution >= 0.6 is 0 Å². The second-order valence-corrected chi connectivity index (χ2v) is 8.39. The lowest BCUT2D eigenvalue weighted by atomic mass is 9.89. The minimum atomic E-state index is -1.01. The third kappa shape index (κ3) is 3.83. The van der Waals surface area contributed by atoms with E-state index in [9.17, 15) is 9.59 Å². The zero-order valence-electron chi connectivity index (χ0n) is 18.9. The van der Waals surface area contributed by atoms with E-state index in [0.29, 0.717) is 24.2 Å². The van der Waals surface area contributed by atoms with Gasteiger partial charge in [0.05, 0.1) is 30.8 Å². The molecule has 1 aromatic heterocycles. The summed E-state index contributed by atoms with van der Waals surface area (Å²) in [5, 5.41) is 0. The van der Waals surface area contributed by atoms with Gasteiger partial charge in [0.15, 0.2) is 5.92 Å². The van der Waals surface area contributed by atoms with Gasteiger partial charge in [0, 0.05) is 6.54 Å². The van der Waals surface area contributed by atoms with E-state index in [2.05, 4.69) is 13.8 Å². The van der Waals surface area contributed by atoms with Crippen LogP contribution in [0.2, 0.25) is 0 Å². The summed E-state index contributed by atoms with van der Waals surface area (Å²) >= 11 is 0. The van der Waals surface area contributed by atoms with E-state index in [0.717, 1.165) is 23.0 Å². The van der Waals surface area contributed by atoms with Gasteiger partial charge in [-0.05, 0) is 49.1 Å². The van der Waals surface area contributed by atoms with E-state index in [-0.39, 0.29) is 12.5 Å². The lowest BCUT2D eigenvalue weighted by molar-refractivity contribution is -0.153. The number of methoxy groups -OCH3 is 1. The normalized spacial score (nSPS) is 18.2. The molecule has 1 amide bonds. The lowest BCUT2D eigenvalue weighted by Crippen LogP contribution is -2.50. The Balaban J connectivity index is 1.96. The lowest BCUT2D eigenvalue weighted by Gasteiger charge is -2.38. The fraction of sp³-hybridized carbons (Fsp3) is 0.400. The summed E-state index contributed by atoms with van der Waals surface area (Å²) in [4.78, 5) is 33.4. The SMILES string of the molecule is CCOC(=O)[C@H]1C(=O)N(CCC(C)C)c2nc3ccccc3n2[C@H]1c1cccc(OC)c1. The summed E-state index contributed by atoms with van der Waals surface area (Å²) < 4.78 is 12.8. The van der Waals surface area contributed by atoms with Crippen LogP contribution in [0.25, 0.3) is 11.0 Å². The smallest absolute Gasteiger partial charge is 0.321 e. The van der Waals surface area contributed by atoms with Crippen molar-refractivity contribution >= 4 is 28.9 Å². The molecular weight excluding hydrogens is 406 g/mol. The van der Waals surface area contributed by atoms with E-state index < -0.39 is 17.9 Å². The predicted molar refractivity (Wildman–Crippen MR) is 123 cm³/mol. The Labute approximate surface area is 187 Å². The van der Waals surface area contributed by atoms with Gasteiger partial charge in [0.2, 0.25) is 11.9 Å². The molecule has 2 aromatic carbocycles. The highest BCUT2D eigenvalue weighted by molar-refractivity contribution is 6.08. The first kappa shape index (κ1) is 21.9. The number of nitrogens with zero attached hydrogens (tertiary/aromatic N) is 3. The number of fused-ring (bicyclic) bond motifs is 3. The quantitative estimate of drug-likeness (QED) is 0.411. The first-order valence-corrected chi connectivity index (χ1v) is 11.0. The molecule has 0 radical (unpaired) electrons. The minimum absolute atomic E-state index is 0.205. The molecule has 0 bridgehead atoms. The Morgan fingerprint density at radius 3 is 2.66 bits per heavy atom. The molecule has 1 aliphatic rings. The highest BCUT2D eigenvalue weighted by Crippen LogP contribution is 2.42. The van der Waals surface area contributed by atoms with Crippen LogP contribution in [0.5, 0.6) is 5.75 Å². The minimum Gasteiger partial charge on any atom is -0.497 e. The molecule has 2 heterocycles. The summed E-state index contributed by atoms with van der Waals surface area (Å²) in [5.41, 5.74) is 2.44. The summed E-state index contributed by atoms with van der Waals surface area (Å²) in [6, 6.07) is 14.7. The summed E-state index contributed by atoms with van der Waals surface area (Å²) in [7, 11) is 1.60. The van der Waals surface area contributed by atoms with Crippen molar-refractivity contribution in [3.05, 3.63) is 54.1 Å². The van der Waals surface area contributed by atoms with Gasteiger partial charge in [-0.1, -0.05) is 38.1 Å². The molecule has 7 nitrogen and oxygen atoms in total. The number of imidazole rings is 1. The Morgan fingerprint density at radius 1 is 1.16 bits per heavy atom. The Bertz CT molecular complexity index is 1140. The van der Waals surface area contributed by atoms with Gasteiger partial charge in [-0.15, -0.1) is 0 Å². The number of benzene rings is 2. The number of hydrogen-bond donors (Lipinski definition) is 0. The van der Waals surface area contributed by atoms with Gasteiger partial charge in [-0.3, -0.25) is 14.5 Å². The number of para-hydroxylation sites is 2. The number of carbonyl (C=O) groups is 2. The Hall–Kier alpha value is -3.35. The second kappa shape index (κ2) is 9.02. The first-order chi connectivity index (χ1) is 15.5. The van der Waals surface area contributed by atoms with Crippen LogP contribution in [-0.4, -0.2) is 41.7 Å². The number of rotatable bonds is 7. The fourth-order valence-electron chi connectivity index (χ4n) is 4.27. The van der Waals surface area contributed by atoms with Crippen LogP contribution < -0.4 is 9.64 Å². The van der Waals surface area contributed by atoms with Gasteiger partial charge in [-0.25, -0.2) is 4.98 Å². The van der Waals surface area contributed by atoms with E-state index in [4.69, 9.17) is 14.5 Å². The second-order valence-electron chi connectivity index (χ2n) is 8.39. The molecule has 2 atom stereocenters. The van der Waals surface area contributed by atoms with E-state index in [1.165, 1.54) is 0 Å². The number of esters is 1. The van der Waals surface area contributed by atoms with Crippen molar-refractivity contribution < 1.29 is 19.1 Å². The van der Waals surface area contributed by atoms with Crippen molar-refractivity contribution in [3.63, 3.8) is 0 Å². The molecule has 4 rings (SSSR count). The molecule has 168 valence electrons. The molecule has 0 N–H and O–H groups in total. The van der Waals surface area contributed by atoms with Crippen LogP contribution in [-0.2, 0) is 14.3 Å². The Kier molecular flexibility index (Phi) is 6.17. The third-order valence-electron chi connectivity index (χ3n) is 5.85. The van der Waals surface area contributed by atoms with Gasteiger partial charge < -0.3 is 14.0 Å². The van der Waals surface area contributed by atoms with Crippen molar-refractivity contribution in [1.29, 1.82) is 0 Å². The monoisotopic (exact) mass is 435 g/mol. The van der Waals surface area contributed by atoms with Crippen molar-refractivity contribution in [2.24, 2.45) is 11.8 Å². The molecule has 0 fully saturated rings. The molecule has 3 aromatic rings.